The average Bonchev–Trinajstić information content (AvgIpc) is 2.62. The Hall–Kier alpha value is -1.32. The summed E-state index contributed by atoms with van der Waals surface area (Å²) in [7, 11) is 0. The third kappa shape index (κ3) is 2.42. The first-order valence-electron chi connectivity index (χ1n) is 6.81. The molecular formula is C14H24N4. The van der Waals surface area contributed by atoms with E-state index in [0.29, 0.717) is 0 Å². The Kier molecular flexibility index (Phi) is 3.46. The summed E-state index contributed by atoms with van der Waals surface area (Å²) in [5.74, 6) is 1.38. The molecule has 1 aliphatic rings. The highest BCUT2D eigenvalue weighted by atomic mass is 15.1. The molecule has 1 aliphatic carbocycles. The first kappa shape index (κ1) is 13.1. The van der Waals surface area contributed by atoms with Crippen LogP contribution in [0.2, 0.25) is 0 Å². The second-order valence-corrected chi connectivity index (χ2v) is 5.96. The number of aryl methyl sites for hydroxylation is 2. The summed E-state index contributed by atoms with van der Waals surface area (Å²) in [5.41, 5.74) is 8.13. The summed E-state index contributed by atoms with van der Waals surface area (Å²) >= 11 is 0. The van der Waals surface area contributed by atoms with E-state index >= 15 is 0 Å². The molecule has 0 bridgehead atoms. The SMILES string of the molecule is Cc1nc2c(n1CCC(C)(C)C(=N)N)CCCC2. The zero-order chi connectivity index (χ0) is 13.3. The van der Waals surface area contributed by atoms with Crippen LogP contribution in [0.15, 0.2) is 0 Å². The van der Waals surface area contributed by atoms with E-state index in [9.17, 15) is 0 Å². The lowest BCUT2D eigenvalue weighted by Gasteiger charge is -2.24. The highest BCUT2D eigenvalue weighted by Gasteiger charge is 2.24. The number of imidazole rings is 1. The molecule has 18 heavy (non-hydrogen) atoms. The van der Waals surface area contributed by atoms with E-state index in [-0.39, 0.29) is 11.3 Å². The van der Waals surface area contributed by atoms with Gasteiger partial charge in [-0.1, -0.05) is 13.8 Å². The summed E-state index contributed by atoms with van der Waals surface area (Å²) in [4.78, 5) is 4.67. The predicted molar refractivity (Wildman–Crippen MR) is 73.9 cm³/mol. The van der Waals surface area contributed by atoms with Crippen molar-refractivity contribution in [1.29, 1.82) is 5.41 Å². The van der Waals surface area contributed by atoms with Gasteiger partial charge in [0.15, 0.2) is 0 Å². The number of nitrogens with two attached hydrogens (primary N) is 1. The maximum Gasteiger partial charge on any atom is 0.106 e. The van der Waals surface area contributed by atoms with Crippen LogP contribution in [0.4, 0.5) is 0 Å². The molecule has 0 atom stereocenters. The Bertz CT molecular complexity index is 457. The Morgan fingerprint density at radius 2 is 2.06 bits per heavy atom. The number of aromatic nitrogens is 2. The fourth-order valence-electron chi connectivity index (χ4n) is 2.56. The number of amidine groups is 1. The van der Waals surface area contributed by atoms with E-state index in [0.717, 1.165) is 31.6 Å². The van der Waals surface area contributed by atoms with Crippen molar-refractivity contribution in [2.75, 3.05) is 0 Å². The molecule has 0 saturated heterocycles. The summed E-state index contributed by atoms with van der Waals surface area (Å²) < 4.78 is 2.33. The minimum absolute atomic E-state index is 0.224. The van der Waals surface area contributed by atoms with Crippen molar-refractivity contribution in [1.82, 2.24) is 9.55 Å². The predicted octanol–water partition coefficient (Wildman–Crippen LogP) is 2.42. The first-order valence-corrected chi connectivity index (χ1v) is 6.81. The van der Waals surface area contributed by atoms with E-state index in [1.165, 1.54) is 24.2 Å². The largest absolute Gasteiger partial charge is 0.387 e. The van der Waals surface area contributed by atoms with Gasteiger partial charge < -0.3 is 10.3 Å². The van der Waals surface area contributed by atoms with E-state index in [1.54, 1.807) is 0 Å². The minimum atomic E-state index is -0.224. The molecular weight excluding hydrogens is 224 g/mol. The van der Waals surface area contributed by atoms with Gasteiger partial charge >= 0.3 is 0 Å². The van der Waals surface area contributed by atoms with Gasteiger partial charge in [0.2, 0.25) is 0 Å². The number of nitrogens with one attached hydrogen (secondary N) is 1. The molecule has 0 saturated carbocycles. The van der Waals surface area contributed by atoms with E-state index < -0.39 is 0 Å². The molecule has 0 fully saturated rings. The van der Waals surface area contributed by atoms with E-state index in [4.69, 9.17) is 11.1 Å². The van der Waals surface area contributed by atoms with Crippen LogP contribution in [0.1, 0.15) is 50.3 Å². The van der Waals surface area contributed by atoms with Gasteiger partial charge in [-0.2, -0.15) is 0 Å². The molecule has 0 unspecified atom stereocenters. The third-order valence-electron chi connectivity index (χ3n) is 4.11. The Labute approximate surface area is 109 Å². The zero-order valence-electron chi connectivity index (χ0n) is 11.7. The number of nitrogens with zero attached hydrogens (tertiary/aromatic N) is 2. The smallest absolute Gasteiger partial charge is 0.106 e. The lowest BCUT2D eigenvalue weighted by atomic mass is 9.88. The number of hydrogen-bond acceptors (Lipinski definition) is 2. The van der Waals surface area contributed by atoms with Crippen LogP contribution in [0.5, 0.6) is 0 Å². The van der Waals surface area contributed by atoms with Gasteiger partial charge in [-0.15, -0.1) is 0 Å². The second kappa shape index (κ2) is 4.75. The van der Waals surface area contributed by atoms with Crippen LogP contribution in [0, 0.1) is 17.7 Å². The third-order valence-corrected chi connectivity index (χ3v) is 4.11. The summed E-state index contributed by atoms with van der Waals surface area (Å²) in [6.45, 7) is 7.07. The van der Waals surface area contributed by atoms with Crippen LogP contribution in [-0.4, -0.2) is 15.4 Å². The highest BCUT2D eigenvalue weighted by molar-refractivity contribution is 5.82. The monoisotopic (exact) mass is 248 g/mol. The first-order chi connectivity index (χ1) is 8.42. The molecule has 1 aromatic rings. The second-order valence-electron chi connectivity index (χ2n) is 5.96. The molecule has 0 aliphatic heterocycles. The Morgan fingerprint density at radius 1 is 1.39 bits per heavy atom. The van der Waals surface area contributed by atoms with Gasteiger partial charge in [-0.25, -0.2) is 4.98 Å². The number of fused-ring (bicyclic) bond motifs is 1. The van der Waals surface area contributed by atoms with Crippen molar-refractivity contribution >= 4 is 5.84 Å². The lowest BCUT2D eigenvalue weighted by Crippen LogP contribution is -2.32. The fourth-order valence-corrected chi connectivity index (χ4v) is 2.56. The average molecular weight is 248 g/mol. The molecule has 4 heteroatoms. The van der Waals surface area contributed by atoms with Gasteiger partial charge in [0.1, 0.15) is 5.82 Å². The van der Waals surface area contributed by atoms with Crippen molar-refractivity contribution < 1.29 is 0 Å². The van der Waals surface area contributed by atoms with E-state index in [1.807, 2.05) is 13.8 Å². The van der Waals surface area contributed by atoms with Crippen LogP contribution in [-0.2, 0) is 19.4 Å². The van der Waals surface area contributed by atoms with Crippen LogP contribution in [0.25, 0.3) is 0 Å². The molecule has 4 nitrogen and oxygen atoms in total. The van der Waals surface area contributed by atoms with Crippen LogP contribution in [0.3, 0.4) is 0 Å². The summed E-state index contributed by atoms with van der Waals surface area (Å²) in [6.07, 6.45) is 5.71. The molecule has 0 amide bonds. The minimum Gasteiger partial charge on any atom is -0.387 e. The highest BCUT2D eigenvalue weighted by Crippen LogP contribution is 2.25. The van der Waals surface area contributed by atoms with Gasteiger partial charge in [-0.05, 0) is 39.0 Å². The van der Waals surface area contributed by atoms with E-state index in [2.05, 4.69) is 16.5 Å². The normalized spacial score (nSPS) is 15.5. The van der Waals surface area contributed by atoms with Crippen molar-refractivity contribution in [3.63, 3.8) is 0 Å². The Morgan fingerprint density at radius 3 is 2.72 bits per heavy atom. The topological polar surface area (TPSA) is 67.7 Å². The van der Waals surface area contributed by atoms with Crippen LogP contribution < -0.4 is 5.73 Å². The maximum absolute atomic E-state index is 7.62. The molecule has 3 N–H and O–H groups in total. The molecule has 0 aromatic carbocycles. The summed E-state index contributed by atoms with van der Waals surface area (Å²) in [6, 6.07) is 0. The van der Waals surface area contributed by atoms with Crippen molar-refractivity contribution in [2.24, 2.45) is 11.1 Å². The molecule has 1 aromatic heterocycles. The maximum atomic E-state index is 7.62. The van der Waals surface area contributed by atoms with Crippen molar-refractivity contribution in [3.8, 4) is 0 Å². The number of hydrogen-bond donors (Lipinski definition) is 2. The molecule has 0 radical (unpaired) electrons. The number of rotatable bonds is 4. The standard InChI is InChI=1S/C14H24N4/c1-10-17-11-6-4-5-7-12(11)18(10)9-8-14(2,3)13(15)16/h4-9H2,1-3H3,(H3,15,16). The van der Waals surface area contributed by atoms with Gasteiger partial charge in [0.25, 0.3) is 0 Å². The van der Waals surface area contributed by atoms with Gasteiger partial charge in [-0.3, -0.25) is 5.41 Å². The van der Waals surface area contributed by atoms with Gasteiger partial charge in [0.05, 0.1) is 11.5 Å². The fraction of sp³-hybridized carbons (Fsp3) is 0.714. The van der Waals surface area contributed by atoms with Gasteiger partial charge in [0, 0.05) is 17.7 Å². The quantitative estimate of drug-likeness (QED) is 0.634. The summed E-state index contributed by atoms with van der Waals surface area (Å²) in [5, 5.41) is 7.62. The lowest BCUT2D eigenvalue weighted by molar-refractivity contribution is 0.417. The molecule has 1 heterocycles. The van der Waals surface area contributed by atoms with Crippen molar-refractivity contribution in [2.45, 2.75) is 59.4 Å². The molecule has 100 valence electrons. The van der Waals surface area contributed by atoms with Crippen LogP contribution >= 0.6 is 0 Å². The van der Waals surface area contributed by atoms with Crippen molar-refractivity contribution in [3.05, 3.63) is 17.2 Å². The zero-order valence-corrected chi connectivity index (χ0v) is 11.7. The molecule has 2 rings (SSSR count). The Balaban J connectivity index is 2.15. The molecule has 0 spiro atoms.